The van der Waals surface area contributed by atoms with Gasteiger partial charge in [0, 0.05) is 12.3 Å². The second-order valence-corrected chi connectivity index (χ2v) is 15.9. The average Bonchev–Trinajstić information content (AvgIpc) is 2.69. The third-order valence-electron chi connectivity index (χ3n) is 13.1. The van der Waals surface area contributed by atoms with Crippen LogP contribution in [0.1, 0.15) is 127 Å². The molecule has 0 aromatic heterocycles. The van der Waals surface area contributed by atoms with Crippen LogP contribution in [-0.4, -0.2) is 12.1 Å². The molecule has 5 aliphatic rings. The van der Waals surface area contributed by atoms with E-state index in [9.17, 15) is 4.79 Å². The van der Waals surface area contributed by atoms with Crippen molar-refractivity contribution in [3.05, 3.63) is 11.6 Å². The number of esters is 1. The minimum absolute atomic E-state index is 0.0436. The lowest BCUT2D eigenvalue weighted by atomic mass is 9.33. The van der Waals surface area contributed by atoms with Crippen LogP contribution in [0, 0.1) is 50.2 Å². The van der Waals surface area contributed by atoms with Crippen molar-refractivity contribution < 1.29 is 9.53 Å². The van der Waals surface area contributed by atoms with Gasteiger partial charge in [0.2, 0.25) is 0 Å². The molecule has 0 radical (unpaired) electrons. The molecule has 0 unspecified atom stereocenters. The molecule has 34 heavy (non-hydrogen) atoms. The van der Waals surface area contributed by atoms with Crippen LogP contribution in [0.2, 0.25) is 0 Å². The molecule has 0 saturated heterocycles. The van der Waals surface area contributed by atoms with Crippen molar-refractivity contribution in [2.45, 2.75) is 133 Å². The maximum absolute atomic E-state index is 12.1. The third-order valence-corrected chi connectivity index (χ3v) is 13.1. The van der Waals surface area contributed by atoms with Gasteiger partial charge in [0.25, 0.3) is 0 Å². The molecule has 8 atom stereocenters. The number of hydrogen-bond acceptors (Lipinski definition) is 2. The van der Waals surface area contributed by atoms with Gasteiger partial charge in [0.15, 0.2) is 0 Å². The predicted molar refractivity (Wildman–Crippen MR) is 140 cm³/mol. The Morgan fingerprint density at radius 3 is 2.24 bits per heavy atom. The van der Waals surface area contributed by atoms with Crippen molar-refractivity contribution in [1.29, 1.82) is 0 Å². The molecule has 5 rings (SSSR count). The zero-order chi connectivity index (χ0) is 24.9. The van der Waals surface area contributed by atoms with Gasteiger partial charge in [-0.2, -0.15) is 0 Å². The summed E-state index contributed by atoms with van der Waals surface area (Å²) in [6.45, 7) is 22.0. The van der Waals surface area contributed by atoms with Gasteiger partial charge in [-0.25, -0.2) is 0 Å². The lowest BCUT2D eigenvalue weighted by Crippen LogP contribution is -2.64. The van der Waals surface area contributed by atoms with Gasteiger partial charge in [-0.05, 0) is 103 Å². The Morgan fingerprint density at radius 1 is 0.853 bits per heavy atom. The van der Waals surface area contributed by atoms with Gasteiger partial charge in [0.05, 0.1) is 0 Å². The molecule has 0 bridgehead atoms. The maximum atomic E-state index is 12.1. The van der Waals surface area contributed by atoms with E-state index >= 15 is 0 Å². The summed E-state index contributed by atoms with van der Waals surface area (Å²) in [6.07, 6.45) is 15.7. The predicted octanol–water partition coefficient (Wildman–Crippen LogP) is 8.74. The molecule has 5 aliphatic carbocycles. The van der Waals surface area contributed by atoms with Gasteiger partial charge < -0.3 is 4.74 Å². The number of ether oxygens (including phenoxy) is 1. The van der Waals surface area contributed by atoms with E-state index in [2.05, 4.69) is 61.5 Å². The fourth-order valence-electron chi connectivity index (χ4n) is 11.1. The highest BCUT2D eigenvalue weighted by atomic mass is 16.5. The molecule has 0 amide bonds. The largest absolute Gasteiger partial charge is 0.462 e. The Kier molecular flexibility index (Phi) is 5.40. The first-order valence-corrected chi connectivity index (χ1v) is 14.5. The van der Waals surface area contributed by atoms with E-state index in [1.54, 1.807) is 12.5 Å². The minimum atomic E-state index is -0.105. The van der Waals surface area contributed by atoms with E-state index in [-0.39, 0.29) is 28.3 Å². The van der Waals surface area contributed by atoms with Crippen molar-refractivity contribution in [3.8, 4) is 0 Å². The highest BCUT2D eigenvalue weighted by Crippen LogP contribution is 2.75. The summed E-state index contributed by atoms with van der Waals surface area (Å²) >= 11 is 0. The highest BCUT2D eigenvalue weighted by Gasteiger charge is 2.68. The molecule has 0 N–H and O–H groups in total. The van der Waals surface area contributed by atoms with Crippen molar-refractivity contribution in [2.24, 2.45) is 50.2 Å². The van der Waals surface area contributed by atoms with Crippen LogP contribution in [0.5, 0.6) is 0 Å². The molecule has 192 valence electrons. The Bertz CT molecular complexity index is 897. The zero-order valence-electron chi connectivity index (χ0n) is 23.8. The van der Waals surface area contributed by atoms with E-state index in [4.69, 9.17) is 4.74 Å². The molecule has 0 aromatic rings. The summed E-state index contributed by atoms with van der Waals surface area (Å²) in [6, 6.07) is 0. The van der Waals surface area contributed by atoms with Crippen LogP contribution >= 0.6 is 0 Å². The van der Waals surface area contributed by atoms with Crippen LogP contribution in [-0.2, 0) is 9.53 Å². The number of allylic oxidation sites excluding steroid dienone is 2. The van der Waals surface area contributed by atoms with Gasteiger partial charge in [0.1, 0.15) is 6.10 Å². The van der Waals surface area contributed by atoms with E-state index in [1.165, 1.54) is 57.8 Å². The smallest absolute Gasteiger partial charge is 0.302 e. The lowest BCUT2D eigenvalue weighted by molar-refractivity contribution is -0.195. The summed E-state index contributed by atoms with van der Waals surface area (Å²) in [5.41, 5.74) is 3.62. The van der Waals surface area contributed by atoms with E-state index in [1.807, 2.05) is 0 Å². The molecule has 4 fully saturated rings. The summed E-state index contributed by atoms with van der Waals surface area (Å²) in [5.74, 6) is 2.08. The van der Waals surface area contributed by atoms with Crippen LogP contribution in [0.4, 0.5) is 0 Å². The van der Waals surface area contributed by atoms with E-state index in [0.717, 1.165) is 18.3 Å². The number of carbonyl (C=O) groups is 1. The zero-order valence-corrected chi connectivity index (χ0v) is 23.8. The molecule has 0 heterocycles. The highest BCUT2D eigenvalue weighted by molar-refractivity contribution is 5.66. The second-order valence-electron chi connectivity index (χ2n) is 15.9. The van der Waals surface area contributed by atoms with Crippen molar-refractivity contribution >= 4 is 5.97 Å². The maximum Gasteiger partial charge on any atom is 0.302 e. The monoisotopic (exact) mass is 468 g/mol. The minimum Gasteiger partial charge on any atom is -0.462 e. The standard InChI is InChI=1S/C32H52O2/c1-21(33)34-26-20-27(2,3)19-23-22-11-12-25-30(7)15-10-14-28(4,5)24(30)13-16-32(25,9)31(22,8)18-17-29(23,26)6/h11,23-26H,10,12-20H2,1-9H3/t23-,24-,25+,26+,29+,30-,31+,32+/m0/s1. The summed E-state index contributed by atoms with van der Waals surface area (Å²) < 4.78 is 6.09. The Balaban J connectivity index is 1.57. The first kappa shape index (κ1) is 24.9. The topological polar surface area (TPSA) is 26.3 Å². The SMILES string of the molecule is CC(=O)O[C@@H]1CC(C)(C)C[C@H]2C3=CC[C@@H]4[C@@]5(C)CCCC(C)(C)[C@@H]5CC[C@@]4(C)[C@]3(C)CC[C@@]12C. The molecular formula is C32H52O2. The van der Waals surface area contributed by atoms with Crippen molar-refractivity contribution in [2.75, 3.05) is 0 Å². The van der Waals surface area contributed by atoms with Crippen molar-refractivity contribution in [1.82, 2.24) is 0 Å². The summed E-state index contributed by atoms with van der Waals surface area (Å²) in [4.78, 5) is 12.1. The van der Waals surface area contributed by atoms with E-state index < -0.39 is 0 Å². The molecule has 0 aliphatic heterocycles. The summed E-state index contributed by atoms with van der Waals surface area (Å²) in [5, 5.41) is 0. The normalized spacial score (nSPS) is 51.1. The number of fused-ring (bicyclic) bond motifs is 7. The average molecular weight is 469 g/mol. The lowest BCUT2D eigenvalue weighted by Gasteiger charge is -2.71. The molecule has 0 spiro atoms. The third kappa shape index (κ3) is 3.21. The van der Waals surface area contributed by atoms with Gasteiger partial charge in [-0.1, -0.05) is 73.5 Å². The van der Waals surface area contributed by atoms with Gasteiger partial charge in [-0.3, -0.25) is 4.79 Å². The number of hydrogen-bond donors (Lipinski definition) is 0. The Hall–Kier alpha value is -0.790. The van der Waals surface area contributed by atoms with Crippen LogP contribution in [0.25, 0.3) is 0 Å². The Labute approximate surface area is 210 Å². The van der Waals surface area contributed by atoms with Gasteiger partial charge in [-0.15, -0.1) is 0 Å². The van der Waals surface area contributed by atoms with E-state index in [0.29, 0.717) is 22.2 Å². The van der Waals surface area contributed by atoms with Crippen LogP contribution < -0.4 is 0 Å². The van der Waals surface area contributed by atoms with Gasteiger partial charge >= 0.3 is 5.97 Å². The molecule has 2 heteroatoms. The molecule has 0 aromatic carbocycles. The van der Waals surface area contributed by atoms with Crippen LogP contribution in [0.3, 0.4) is 0 Å². The second kappa shape index (κ2) is 7.38. The number of carbonyl (C=O) groups excluding carboxylic acids is 1. The van der Waals surface area contributed by atoms with Crippen molar-refractivity contribution in [3.63, 3.8) is 0 Å². The molecular weight excluding hydrogens is 416 g/mol. The summed E-state index contributed by atoms with van der Waals surface area (Å²) in [7, 11) is 0. The quantitative estimate of drug-likeness (QED) is 0.284. The first-order valence-electron chi connectivity index (χ1n) is 14.5. The molecule has 2 nitrogen and oxygen atoms in total. The first-order chi connectivity index (χ1) is 15.6. The van der Waals surface area contributed by atoms with Crippen LogP contribution in [0.15, 0.2) is 11.6 Å². The fourth-order valence-corrected chi connectivity index (χ4v) is 11.1. The molecule has 4 saturated carbocycles. The number of rotatable bonds is 1. The Morgan fingerprint density at radius 2 is 1.56 bits per heavy atom. The fraction of sp³-hybridized carbons (Fsp3) is 0.906.